The van der Waals surface area contributed by atoms with Gasteiger partial charge in [0.25, 0.3) is 0 Å². The van der Waals surface area contributed by atoms with Crippen molar-refractivity contribution < 1.29 is 19.0 Å². The maximum Gasteiger partial charge on any atom is 0.382 e. The van der Waals surface area contributed by atoms with Crippen LogP contribution in [0.4, 0.5) is 4.39 Å². The number of hydrogen-bond acceptors (Lipinski definition) is 3. The number of allylic oxidation sites excluding steroid dienone is 5. The summed E-state index contributed by atoms with van der Waals surface area (Å²) < 4.78 is 20.7. The van der Waals surface area contributed by atoms with Crippen LogP contribution in [0.25, 0.3) is 5.57 Å². The first kappa shape index (κ1) is 25.1. The zero-order valence-corrected chi connectivity index (χ0v) is 21.0. The Morgan fingerprint density at radius 1 is 1.20 bits per heavy atom. The average molecular weight is 476 g/mol. The number of rotatable bonds is 5. The second kappa shape index (κ2) is 9.59. The van der Waals surface area contributed by atoms with Crippen LogP contribution in [-0.4, -0.2) is 28.2 Å². The summed E-state index contributed by atoms with van der Waals surface area (Å²) in [5, 5.41) is 16.7. The SMILES string of the molecule is CC1(C)CC(=C(c2ccc(CC3CC3)c(C(=N)F)c2)C2C=CC(C#CC(=O)O)=CC2)CC(C)(C)O1. The Balaban J connectivity index is 1.78. The molecule has 0 amide bonds. The lowest BCUT2D eigenvalue weighted by Gasteiger charge is -2.44. The normalized spacial score (nSPS) is 22.6. The molecule has 2 fully saturated rings. The lowest BCUT2D eigenvalue weighted by molar-refractivity contribution is -0.139. The molecule has 1 atom stereocenters. The van der Waals surface area contributed by atoms with E-state index in [-0.39, 0.29) is 17.1 Å². The van der Waals surface area contributed by atoms with Crippen LogP contribution >= 0.6 is 0 Å². The summed E-state index contributed by atoms with van der Waals surface area (Å²) in [6.07, 6.45) is 11.3. The van der Waals surface area contributed by atoms with Gasteiger partial charge in [0.05, 0.1) is 11.2 Å². The summed E-state index contributed by atoms with van der Waals surface area (Å²) in [5.74, 6) is 3.48. The first-order valence-corrected chi connectivity index (χ1v) is 12.4. The topological polar surface area (TPSA) is 70.4 Å². The first-order valence-electron chi connectivity index (χ1n) is 12.4. The average Bonchev–Trinajstić information content (AvgIpc) is 3.56. The van der Waals surface area contributed by atoms with Gasteiger partial charge in [-0.2, -0.15) is 4.39 Å². The summed E-state index contributed by atoms with van der Waals surface area (Å²) in [7, 11) is 0. The lowest BCUT2D eigenvalue weighted by atomic mass is 9.75. The number of ether oxygens (including phenoxy) is 1. The second-order valence-corrected chi connectivity index (χ2v) is 11.2. The molecule has 1 aliphatic heterocycles. The number of carbonyl (C=O) groups is 1. The minimum Gasteiger partial charge on any atom is -0.472 e. The zero-order chi connectivity index (χ0) is 25.4. The van der Waals surface area contributed by atoms with Crippen LogP contribution in [0.2, 0.25) is 0 Å². The fourth-order valence-electron chi connectivity index (χ4n) is 5.59. The van der Waals surface area contributed by atoms with E-state index in [4.69, 9.17) is 15.3 Å². The molecule has 3 aliphatic rings. The molecule has 2 aliphatic carbocycles. The van der Waals surface area contributed by atoms with Crippen LogP contribution in [-0.2, 0) is 16.0 Å². The van der Waals surface area contributed by atoms with E-state index in [1.807, 2.05) is 24.3 Å². The maximum atomic E-state index is 14.4. The molecule has 1 heterocycles. The number of halogens is 1. The number of aliphatic carboxylic acids is 1. The molecule has 1 aromatic carbocycles. The predicted octanol–water partition coefficient (Wildman–Crippen LogP) is 6.65. The van der Waals surface area contributed by atoms with Gasteiger partial charge in [-0.15, -0.1) is 0 Å². The van der Waals surface area contributed by atoms with Crippen LogP contribution < -0.4 is 0 Å². The Hall–Kier alpha value is -2.97. The molecule has 4 nitrogen and oxygen atoms in total. The summed E-state index contributed by atoms with van der Waals surface area (Å²) in [4.78, 5) is 10.8. The van der Waals surface area contributed by atoms with Gasteiger partial charge in [0.15, 0.2) is 0 Å². The van der Waals surface area contributed by atoms with Gasteiger partial charge in [0.1, 0.15) is 0 Å². The summed E-state index contributed by atoms with van der Waals surface area (Å²) >= 11 is 0. The second-order valence-electron chi connectivity index (χ2n) is 11.2. The molecule has 0 bridgehead atoms. The van der Waals surface area contributed by atoms with Crippen LogP contribution in [0.3, 0.4) is 0 Å². The standard InChI is InChI=1S/C30H34FNO3/c1-29(2)17-24(18-30(3,4)35-29)27(21-10-7-19(8-11-21)9-14-26(33)34)23-13-12-22(15-20-5-6-20)25(16-23)28(31)32/h7-8,10,12-13,16,20-21,32H,5-6,11,15,17-18H2,1-4H3,(H,33,34). The third-order valence-corrected chi connectivity index (χ3v) is 6.86. The number of hydrogen-bond donors (Lipinski definition) is 2. The molecule has 1 aromatic rings. The van der Waals surface area contributed by atoms with E-state index in [9.17, 15) is 9.18 Å². The highest BCUT2D eigenvalue weighted by atomic mass is 19.1. The quantitative estimate of drug-likeness (QED) is 0.370. The Kier molecular flexibility index (Phi) is 6.88. The number of carboxylic acids is 1. The van der Waals surface area contributed by atoms with Gasteiger partial charge in [0, 0.05) is 23.0 Å². The minimum atomic E-state index is -1.15. The number of carboxylic acid groups (broad SMARTS) is 1. The molecule has 0 aromatic heterocycles. The van der Waals surface area contributed by atoms with Gasteiger partial charge in [0.2, 0.25) is 5.97 Å². The molecule has 2 N–H and O–H groups in total. The van der Waals surface area contributed by atoms with E-state index in [2.05, 4.69) is 51.7 Å². The van der Waals surface area contributed by atoms with Crippen molar-refractivity contribution in [2.45, 2.75) is 77.4 Å². The van der Waals surface area contributed by atoms with E-state index < -0.39 is 11.9 Å². The van der Waals surface area contributed by atoms with Crippen LogP contribution in [0.15, 0.2) is 47.6 Å². The Morgan fingerprint density at radius 3 is 2.43 bits per heavy atom. The van der Waals surface area contributed by atoms with Crippen LogP contribution in [0.1, 0.15) is 76.5 Å². The van der Waals surface area contributed by atoms with Crippen LogP contribution in [0.5, 0.6) is 0 Å². The molecule has 1 saturated heterocycles. The fraction of sp³-hybridized carbons (Fsp3) is 0.467. The summed E-state index contributed by atoms with van der Waals surface area (Å²) in [6.45, 7) is 8.40. The summed E-state index contributed by atoms with van der Waals surface area (Å²) in [6, 6.07) is 5.94. The van der Waals surface area contributed by atoms with E-state index in [0.717, 1.165) is 36.0 Å². The molecule has 0 spiro atoms. The molecule has 0 radical (unpaired) electrons. The molecule has 184 valence electrons. The molecule has 5 heteroatoms. The Morgan fingerprint density at radius 2 is 1.89 bits per heavy atom. The Bertz CT molecular complexity index is 1180. The first-order chi connectivity index (χ1) is 16.4. The van der Waals surface area contributed by atoms with E-state index >= 15 is 0 Å². The Labute approximate surface area is 207 Å². The van der Waals surface area contributed by atoms with Crippen molar-refractivity contribution in [3.05, 3.63) is 64.3 Å². The van der Waals surface area contributed by atoms with Crippen molar-refractivity contribution in [1.82, 2.24) is 0 Å². The highest BCUT2D eigenvalue weighted by Gasteiger charge is 2.38. The lowest BCUT2D eigenvalue weighted by Crippen LogP contribution is -2.42. The van der Waals surface area contributed by atoms with Gasteiger partial charge in [-0.05, 0) is 94.9 Å². The molecule has 1 unspecified atom stereocenters. The van der Waals surface area contributed by atoms with Gasteiger partial charge in [-0.3, -0.25) is 5.41 Å². The molecular formula is C30H34FNO3. The fourth-order valence-corrected chi connectivity index (χ4v) is 5.59. The predicted molar refractivity (Wildman–Crippen MR) is 137 cm³/mol. The third-order valence-electron chi connectivity index (χ3n) is 6.86. The molecule has 1 saturated carbocycles. The molecule has 4 rings (SSSR count). The number of benzene rings is 1. The largest absolute Gasteiger partial charge is 0.472 e. The van der Waals surface area contributed by atoms with Crippen molar-refractivity contribution in [1.29, 1.82) is 5.41 Å². The van der Waals surface area contributed by atoms with Gasteiger partial charge in [-0.25, -0.2) is 4.79 Å². The highest BCUT2D eigenvalue weighted by Crippen LogP contribution is 2.45. The smallest absolute Gasteiger partial charge is 0.382 e. The van der Waals surface area contributed by atoms with Gasteiger partial charge < -0.3 is 9.84 Å². The van der Waals surface area contributed by atoms with E-state index in [0.29, 0.717) is 23.5 Å². The highest BCUT2D eigenvalue weighted by molar-refractivity contribution is 5.93. The van der Waals surface area contributed by atoms with Crippen molar-refractivity contribution in [3.8, 4) is 11.8 Å². The van der Waals surface area contributed by atoms with E-state index in [1.165, 1.54) is 18.4 Å². The third kappa shape index (κ3) is 6.38. The van der Waals surface area contributed by atoms with Crippen LogP contribution in [0, 0.1) is 29.1 Å². The van der Waals surface area contributed by atoms with E-state index in [1.54, 1.807) is 0 Å². The zero-order valence-electron chi connectivity index (χ0n) is 21.0. The molecular weight excluding hydrogens is 441 g/mol. The molecule has 35 heavy (non-hydrogen) atoms. The van der Waals surface area contributed by atoms with Gasteiger partial charge >= 0.3 is 5.97 Å². The monoisotopic (exact) mass is 475 g/mol. The van der Waals surface area contributed by atoms with Crippen molar-refractivity contribution in [2.75, 3.05) is 0 Å². The summed E-state index contributed by atoms with van der Waals surface area (Å²) in [5.41, 5.74) is 4.67. The van der Waals surface area contributed by atoms with Crippen molar-refractivity contribution in [2.24, 2.45) is 11.8 Å². The van der Waals surface area contributed by atoms with Gasteiger partial charge in [-0.1, -0.05) is 41.9 Å². The minimum absolute atomic E-state index is 0.0426. The van der Waals surface area contributed by atoms with Crippen molar-refractivity contribution in [3.63, 3.8) is 0 Å². The van der Waals surface area contributed by atoms with Crippen molar-refractivity contribution >= 4 is 17.5 Å². The number of nitrogens with one attached hydrogen (secondary N) is 1. The maximum absolute atomic E-state index is 14.4.